The minimum absolute atomic E-state index is 0.0235. The second kappa shape index (κ2) is 7.99. The van der Waals surface area contributed by atoms with E-state index in [2.05, 4.69) is 33.3 Å². The van der Waals surface area contributed by atoms with Crippen LogP contribution >= 0.6 is 24.0 Å². The summed E-state index contributed by atoms with van der Waals surface area (Å²) < 4.78 is 0. The molecule has 0 saturated carbocycles. The van der Waals surface area contributed by atoms with Gasteiger partial charge in [-0.05, 0) is 49.5 Å². The average Bonchev–Trinajstić information content (AvgIpc) is 2.89. The monoisotopic (exact) mass is 322 g/mol. The van der Waals surface area contributed by atoms with Crippen molar-refractivity contribution in [1.29, 1.82) is 0 Å². The van der Waals surface area contributed by atoms with Gasteiger partial charge in [-0.1, -0.05) is 6.07 Å². The summed E-state index contributed by atoms with van der Waals surface area (Å²) in [6.07, 6.45) is 5.33. The molecule has 0 fully saturated rings. The average molecular weight is 322 g/mol. The quantitative estimate of drug-likeness (QED) is 0.426. The number of rotatable bonds is 6. The first-order chi connectivity index (χ1) is 10.2. The first kappa shape index (κ1) is 15.8. The fourth-order valence-electron chi connectivity index (χ4n) is 1.95. The smallest absolute Gasteiger partial charge is 0.248 e. The van der Waals surface area contributed by atoms with Crippen LogP contribution in [0.3, 0.4) is 0 Å². The molecule has 1 unspecified atom stereocenters. The van der Waals surface area contributed by atoms with Gasteiger partial charge in [-0.3, -0.25) is 4.79 Å². The van der Waals surface area contributed by atoms with Gasteiger partial charge >= 0.3 is 0 Å². The number of anilines is 1. The van der Waals surface area contributed by atoms with Crippen LogP contribution in [-0.2, 0) is 4.79 Å². The summed E-state index contributed by atoms with van der Waals surface area (Å²) in [5, 5.41) is 10.6. The molecule has 5 nitrogen and oxygen atoms in total. The predicted octanol–water partition coefficient (Wildman–Crippen LogP) is 2.21. The van der Waals surface area contributed by atoms with E-state index in [0.717, 1.165) is 25.1 Å². The first-order valence-corrected chi connectivity index (χ1v) is 8.34. The van der Waals surface area contributed by atoms with Crippen LogP contribution in [0.2, 0.25) is 0 Å². The van der Waals surface area contributed by atoms with E-state index in [-0.39, 0.29) is 11.8 Å². The molecule has 1 aliphatic heterocycles. The maximum absolute atomic E-state index is 11.3. The van der Waals surface area contributed by atoms with Gasteiger partial charge in [0.25, 0.3) is 0 Å². The van der Waals surface area contributed by atoms with Crippen molar-refractivity contribution in [2.24, 2.45) is 11.0 Å². The Morgan fingerprint density at radius 2 is 2.38 bits per heavy atom. The molecule has 1 aliphatic rings. The fraction of sp³-hybridized carbons (Fsp3) is 0.357. The van der Waals surface area contributed by atoms with Crippen molar-refractivity contribution >= 4 is 46.9 Å². The molecule has 0 saturated heterocycles. The van der Waals surface area contributed by atoms with Gasteiger partial charge in [0.15, 0.2) is 5.11 Å². The molecule has 0 aliphatic carbocycles. The Bertz CT molecular complexity index is 548. The van der Waals surface area contributed by atoms with Crippen molar-refractivity contribution in [3.8, 4) is 0 Å². The highest BCUT2D eigenvalue weighted by molar-refractivity contribution is 7.98. The standard InChI is InChI=1S/C14H18N4OS2/c1-21-12-6-2-5-11(8-12)17-14(20)15-7-3-4-10-9-16-18-13(10)19/h2,5-6,8-10H,3-4,7H2,1H3,(H,18,19)(H2,15,17,20). The molecule has 1 amide bonds. The lowest BCUT2D eigenvalue weighted by atomic mass is 10.1. The van der Waals surface area contributed by atoms with Crippen molar-refractivity contribution in [1.82, 2.24) is 10.7 Å². The van der Waals surface area contributed by atoms with E-state index in [9.17, 15) is 4.79 Å². The summed E-state index contributed by atoms with van der Waals surface area (Å²) in [5.74, 6) is -0.129. The number of hydrazone groups is 1. The molecule has 2 rings (SSSR count). The number of amides is 1. The zero-order chi connectivity index (χ0) is 15.1. The zero-order valence-electron chi connectivity index (χ0n) is 11.8. The molecule has 1 heterocycles. The Labute approximate surface area is 134 Å². The summed E-state index contributed by atoms with van der Waals surface area (Å²) in [6, 6.07) is 8.08. The van der Waals surface area contributed by atoms with Gasteiger partial charge in [-0.2, -0.15) is 5.10 Å². The van der Waals surface area contributed by atoms with Crippen molar-refractivity contribution in [3.05, 3.63) is 24.3 Å². The van der Waals surface area contributed by atoms with Crippen LogP contribution in [0.25, 0.3) is 0 Å². The third kappa shape index (κ3) is 5.02. The summed E-state index contributed by atoms with van der Waals surface area (Å²) >= 11 is 6.94. The highest BCUT2D eigenvalue weighted by Gasteiger charge is 2.19. The zero-order valence-corrected chi connectivity index (χ0v) is 13.4. The van der Waals surface area contributed by atoms with Gasteiger partial charge in [0.1, 0.15) is 0 Å². The summed E-state index contributed by atoms with van der Waals surface area (Å²) in [6.45, 7) is 0.728. The highest BCUT2D eigenvalue weighted by Crippen LogP contribution is 2.18. The lowest BCUT2D eigenvalue weighted by molar-refractivity contribution is -0.122. The van der Waals surface area contributed by atoms with Crippen LogP contribution < -0.4 is 16.1 Å². The normalized spacial score (nSPS) is 16.6. The number of hydrogen-bond donors (Lipinski definition) is 3. The molecule has 0 spiro atoms. The Hall–Kier alpha value is -1.60. The van der Waals surface area contributed by atoms with Crippen LogP contribution in [0.1, 0.15) is 12.8 Å². The minimum Gasteiger partial charge on any atom is -0.362 e. The van der Waals surface area contributed by atoms with E-state index < -0.39 is 0 Å². The number of nitrogens with one attached hydrogen (secondary N) is 3. The van der Waals surface area contributed by atoms with E-state index >= 15 is 0 Å². The van der Waals surface area contributed by atoms with Gasteiger partial charge < -0.3 is 10.6 Å². The molecule has 0 radical (unpaired) electrons. The van der Waals surface area contributed by atoms with Gasteiger partial charge in [0.2, 0.25) is 5.91 Å². The van der Waals surface area contributed by atoms with Crippen LogP contribution in [-0.4, -0.2) is 30.0 Å². The van der Waals surface area contributed by atoms with Crippen molar-refractivity contribution in [2.75, 3.05) is 18.1 Å². The van der Waals surface area contributed by atoms with E-state index in [1.54, 1.807) is 18.0 Å². The largest absolute Gasteiger partial charge is 0.362 e. The number of carbonyl (C=O) groups excluding carboxylic acids is 1. The third-order valence-corrected chi connectivity index (χ3v) is 4.04. The third-order valence-electron chi connectivity index (χ3n) is 3.07. The first-order valence-electron chi connectivity index (χ1n) is 6.71. The Balaban J connectivity index is 1.67. The van der Waals surface area contributed by atoms with Gasteiger partial charge in [0, 0.05) is 23.3 Å². The molecule has 21 heavy (non-hydrogen) atoms. The van der Waals surface area contributed by atoms with Crippen molar-refractivity contribution < 1.29 is 4.79 Å². The number of thioether (sulfide) groups is 1. The Morgan fingerprint density at radius 1 is 1.52 bits per heavy atom. The topological polar surface area (TPSA) is 65.5 Å². The van der Waals surface area contributed by atoms with Crippen molar-refractivity contribution in [2.45, 2.75) is 17.7 Å². The van der Waals surface area contributed by atoms with E-state index in [1.807, 2.05) is 18.4 Å². The highest BCUT2D eigenvalue weighted by atomic mass is 32.2. The lowest BCUT2D eigenvalue weighted by Crippen LogP contribution is -2.30. The summed E-state index contributed by atoms with van der Waals surface area (Å²) in [5.41, 5.74) is 3.41. The summed E-state index contributed by atoms with van der Waals surface area (Å²) in [4.78, 5) is 12.5. The molecule has 1 atom stereocenters. The predicted molar refractivity (Wildman–Crippen MR) is 91.8 cm³/mol. The molecular formula is C14H18N4OS2. The van der Waals surface area contributed by atoms with E-state index in [0.29, 0.717) is 5.11 Å². The van der Waals surface area contributed by atoms with E-state index in [1.165, 1.54) is 4.90 Å². The number of hydrogen-bond acceptors (Lipinski definition) is 4. The van der Waals surface area contributed by atoms with Crippen molar-refractivity contribution in [3.63, 3.8) is 0 Å². The fourth-order valence-corrected chi connectivity index (χ4v) is 2.63. The van der Waals surface area contributed by atoms with Crippen LogP contribution in [0.5, 0.6) is 0 Å². The molecule has 0 bridgehead atoms. The van der Waals surface area contributed by atoms with Gasteiger partial charge in [-0.15, -0.1) is 11.8 Å². The number of benzene rings is 1. The maximum Gasteiger partial charge on any atom is 0.248 e. The number of carbonyl (C=O) groups is 1. The lowest BCUT2D eigenvalue weighted by Gasteiger charge is -2.11. The van der Waals surface area contributed by atoms with Gasteiger partial charge in [-0.25, -0.2) is 5.43 Å². The number of nitrogens with zero attached hydrogens (tertiary/aromatic N) is 1. The Kier molecular flexibility index (Phi) is 6.01. The van der Waals surface area contributed by atoms with Crippen LogP contribution in [0, 0.1) is 5.92 Å². The van der Waals surface area contributed by atoms with Crippen LogP contribution in [0.15, 0.2) is 34.3 Å². The summed E-state index contributed by atoms with van der Waals surface area (Å²) in [7, 11) is 0. The maximum atomic E-state index is 11.3. The molecule has 1 aromatic carbocycles. The van der Waals surface area contributed by atoms with Gasteiger partial charge in [0.05, 0.1) is 5.92 Å². The van der Waals surface area contributed by atoms with E-state index in [4.69, 9.17) is 12.2 Å². The van der Waals surface area contributed by atoms with Crippen LogP contribution in [0.4, 0.5) is 5.69 Å². The SMILES string of the molecule is CSc1cccc(NC(=S)NCCCC2C=NNC2=O)c1. The molecular weight excluding hydrogens is 304 g/mol. The molecule has 3 N–H and O–H groups in total. The number of thiocarbonyl (C=S) groups is 1. The molecule has 1 aromatic rings. The molecule has 0 aromatic heterocycles. The molecule has 7 heteroatoms. The minimum atomic E-state index is -0.105. The Morgan fingerprint density at radius 3 is 3.10 bits per heavy atom. The second-order valence-electron chi connectivity index (χ2n) is 4.62. The second-order valence-corrected chi connectivity index (χ2v) is 5.90. The molecule has 112 valence electrons.